The Bertz CT molecular complexity index is 629. The summed E-state index contributed by atoms with van der Waals surface area (Å²) in [5.74, 6) is 0.686. The SMILES string of the molecule is CCCNc1cc(CSc2nncn2C)ccc1[N+](=O)[O-]. The Balaban J connectivity index is 2.13. The van der Waals surface area contributed by atoms with Crippen molar-refractivity contribution in [3.63, 3.8) is 0 Å². The molecule has 0 amide bonds. The lowest BCUT2D eigenvalue weighted by atomic mass is 10.2. The van der Waals surface area contributed by atoms with Crippen LogP contribution in [-0.2, 0) is 12.8 Å². The first-order chi connectivity index (χ1) is 10.1. The predicted molar refractivity (Wildman–Crippen MR) is 82.4 cm³/mol. The van der Waals surface area contributed by atoms with E-state index in [9.17, 15) is 10.1 Å². The van der Waals surface area contributed by atoms with E-state index in [0.29, 0.717) is 18.0 Å². The Kier molecular flexibility index (Phi) is 5.15. The van der Waals surface area contributed by atoms with Crippen LogP contribution in [0.3, 0.4) is 0 Å². The molecule has 0 aliphatic rings. The molecule has 21 heavy (non-hydrogen) atoms. The van der Waals surface area contributed by atoms with Crippen LogP contribution in [0.15, 0.2) is 29.7 Å². The summed E-state index contributed by atoms with van der Waals surface area (Å²) in [6.07, 6.45) is 2.56. The maximum atomic E-state index is 11.0. The van der Waals surface area contributed by atoms with E-state index in [-0.39, 0.29) is 10.6 Å². The fourth-order valence-electron chi connectivity index (χ4n) is 1.78. The molecule has 0 bridgehead atoms. The summed E-state index contributed by atoms with van der Waals surface area (Å²) in [6.45, 7) is 2.73. The Morgan fingerprint density at radius 1 is 1.48 bits per heavy atom. The van der Waals surface area contributed by atoms with Gasteiger partial charge in [-0.3, -0.25) is 10.1 Å². The minimum absolute atomic E-state index is 0.107. The zero-order valence-corrected chi connectivity index (χ0v) is 12.8. The molecule has 0 saturated carbocycles. The summed E-state index contributed by atoms with van der Waals surface area (Å²) in [5.41, 5.74) is 1.68. The van der Waals surface area contributed by atoms with Gasteiger partial charge in [-0.1, -0.05) is 24.8 Å². The fourth-order valence-corrected chi connectivity index (χ4v) is 2.62. The summed E-state index contributed by atoms with van der Waals surface area (Å²) in [7, 11) is 1.88. The monoisotopic (exact) mass is 307 g/mol. The molecule has 0 aliphatic heterocycles. The molecule has 1 aromatic heterocycles. The van der Waals surface area contributed by atoms with E-state index in [2.05, 4.69) is 15.5 Å². The summed E-state index contributed by atoms with van der Waals surface area (Å²) in [5, 5.41) is 22.8. The second-order valence-corrected chi connectivity index (χ2v) is 5.49. The third-order valence-electron chi connectivity index (χ3n) is 2.86. The predicted octanol–water partition coefficient (Wildman–Crippen LogP) is 2.84. The number of benzene rings is 1. The number of nitrogens with one attached hydrogen (secondary N) is 1. The van der Waals surface area contributed by atoms with Crippen molar-refractivity contribution in [3.05, 3.63) is 40.2 Å². The third kappa shape index (κ3) is 3.94. The average Bonchev–Trinajstić information content (AvgIpc) is 2.88. The number of hydrogen-bond donors (Lipinski definition) is 1. The van der Waals surface area contributed by atoms with Crippen molar-refractivity contribution in [2.75, 3.05) is 11.9 Å². The molecule has 0 saturated heterocycles. The molecule has 0 unspecified atom stereocenters. The van der Waals surface area contributed by atoms with Gasteiger partial charge in [-0.05, 0) is 18.1 Å². The number of rotatable bonds is 7. The molecule has 1 N–H and O–H groups in total. The Hall–Kier alpha value is -2.09. The zero-order chi connectivity index (χ0) is 15.2. The van der Waals surface area contributed by atoms with Gasteiger partial charge in [-0.25, -0.2) is 0 Å². The van der Waals surface area contributed by atoms with Gasteiger partial charge in [0.25, 0.3) is 5.69 Å². The first-order valence-electron chi connectivity index (χ1n) is 6.59. The van der Waals surface area contributed by atoms with Crippen molar-refractivity contribution >= 4 is 23.1 Å². The molecule has 2 rings (SSSR count). The number of nitrogens with zero attached hydrogens (tertiary/aromatic N) is 4. The minimum Gasteiger partial charge on any atom is -0.379 e. The van der Waals surface area contributed by atoms with Crippen LogP contribution in [0.2, 0.25) is 0 Å². The molecule has 0 atom stereocenters. The highest BCUT2D eigenvalue weighted by Gasteiger charge is 2.14. The number of anilines is 1. The van der Waals surface area contributed by atoms with E-state index in [0.717, 1.165) is 17.1 Å². The number of thioether (sulfide) groups is 1. The smallest absolute Gasteiger partial charge is 0.292 e. The molecular formula is C13H17N5O2S. The van der Waals surface area contributed by atoms with Crippen LogP contribution in [0.1, 0.15) is 18.9 Å². The van der Waals surface area contributed by atoms with Crippen molar-refractivity contribution in [2.45, 2.75) is 24.3 Å². The molecule has 0 fully saturated rings. The van der Waals surface area contributed by atoms with Crippen molar-refractivity contribution in [1.82, 2.24) is 14.8 Å². The minimum atomic E-state index is -0.364. The maximum absolute atomic E-state index is 11.0. The van der Waals surface area contributed by atoms with Crippen LogP contribution in [0, 0.1) is 10.1 Å². The molecule has 0 radical (unpaired) electrons. The lowest BCUT2D eigenvalue weighted by Gasteiger charge is -2.08. The summed E-state index contributed by atoms with van der Waals surface area (Å²) < 4.78 is 1.84. The van der Waals surface area contributed by atoms with E-state index in [1.165, 1.54) is 0 Å². The maximum Gasteiger partial charge on any atom is 0.292 e. The first kappa shape index (κ1) is 15.3. The summed E-state index contributed by atoms with van der Waals surface area (Å²) in [6, 6.07) is 5.15. The van der Waals surface area contributed by atoms with E-state index >= 15 is 0 Å². The standard InChI is InChI=1S/C13H17N5O2S/c1-3-6-14-11-7-10(4-5-12(11)18(19)20)8-21-13-16-15-9-17(13)2/h4-5,7,9,14H,3,6,8H2,1-2H3. The molecule has 7 nitrogen and oxygen atoms in total. The number of aryl methyl sites for hydroxylation is 1. The normalized spacial score (nSPS) is 10.6. The molecule has 0 spiro atoms. The van der Waals surface area contributed by atoms with Gasteiger partial charge in [0.1, 0.15) is 12.0 Å². The van der Waals surface area contributed by atoms with Crippen LogP contribution in [0.25, 0.3) is 0 Å². The van der Waals surface area contributed by atoms with E-state index in [1.54, 1.807) is 30.2 Å². The second-order valence-electron chi connectivity index (χ2n) is 4.55. The highest BCUT2D eigenvalue weighted by atomic mass is 32.2. The number of aromatic nitrogens is 3. The molecule has 1 heterocycles. The van der Waals surface area contributed by atoms with Gasteiger partial charge < -0.3 is 9.88 Å². The second kappa shape index (κ2) is 7.07. The van der Waals surface area contributed by atoms with Crippen LogP contribution < -0.4 is 5.32 Å². The van der Waals surface area contributed by atoms with Gasteiger partial charge in [0.2, 0.25) is 0 Å². The summed E-state index contributed by atoms with van der Waals surface area (Å²) >= 11 is 1.55. The van der Waals surface area contributed by atoms with Crippen LogP contribution in [0.5, 0.6) is 0 Å². The zero-order valence-electron chi connectivity index (χ0n) is 11.9. The quantitative estimate of drug-likeness (QED) is 0.481. The summed E-state index contributed by atoms with van der Waals surface area (Å²) in [4.78, 5) is 10.7. The van der Waals surface area contributed by atoms with Crippen molar-refractivity contribution in [1.29, 1.82) is 0 Å². The number of hydrogen-bond acceptors (Lipinski definition) is 6. The topological polar surface area (TPSA) is 85.9 Å². The number of nitro benzene ring substituents is 1. The molecule has 2 aromatic rings. The van der Waals surface area contributed by atoms with Gasteiger partial charge in [0.05, 0.1) is 4.92 Å². The average molecular weight is 307 g/mol. The molecule has 8 heteroatoms. The van der Waals surface area contributed by atoms with Gasteiger partial charge in [0.15, 0.2) is 5.16 Å². The Morgan fingerprint density at radius 3 is 2.90 bits per heavy atom. The van der Waals surface area contributed by atoms with Crippen molar-refractivity contribution in [2.24, 2.45) is 7.05 Å². The highest BCUT2D eigenvalue weighted by molar-refractivity contribution is 7.98. The Morgan fingerprint density at radius 2 is 2.29 bits per heavy atom. The van der Waals surface area contributed by atoms with Crippen molar-refractivity contribution < 1.29 is 4.92 Å². The van der Waals surface area contributed by atoms with E-state index in [4.69, 9.17) is 0 Å². The lowest BCUT2D eigenvalue weighted by molar-refractivity contribution is -0.384. The van der Waals surface area contributed by atoms with Gasteiger partial charge in [0, 0.05) is 25.4 Å². The van der Waals surface area contributed by atoms with Crippen LogP contribution in [-0.4, -0.2) is 26.2 Å². The van der Waals surface area contributed by atoms with E-state index < -0.39 is 0 Å². The molecular weight excluding hydrogens is 290 g/mol. The highest BCUT2D eigenvalue weighted by Crippen LogP contribution is 2.28. The van der Waals surface area contributed by atoms with Gasteiger partial charge in [-0.2, -0.15) is 0 Å². The van der Waals surface area contributed by atoms with Crippen LogP contribution in [0.4, 0.5) is 11.4 Å². The number of nitro groups is 1. The van der Waals surface area contributed by atoms with E-state index in [1.807, 2.05) is 24.6 Å². The molecule has 0 aliphatic carbocycles. The Labute approximate surface area is 126 Å². The van der Waals surface area contributed by atoms with Gasteiger partial charge in [-0.15, -0.1) is 10.2 Å². The van der Waals surface area contributed by atoms with Gasteiger partial charge >= 0.3 is 0 Å². The third-order valence-corrected chi connectivity index (χ3v) is 3.97. The first-order valence-corrected chi connectivity index (χ1v) is 7.58. The fraction of sp³-hybridized carbons (Fsp3) is 0.385. The van der Waals surface area contributed by atoms with Crippen LogP contribution >= 0.6 is 11.8 Å². The molecule has 1 aromatic carbocycles. The lowest BCUT2D eigenvalue weighted by Crippen LogP contribution is -2.03. The largest absolute Gasteiger partial charge is 0.379 e. The van der Waals surface area contributed by atoms with Crippen molar-refractivity contribution in [3.8, 4) is 0 Å². The molecule has 112 valence electrons.